The molecule has 3 aromatic heterocycles. The summed E-state index contributed by atoms with van der Waals surface area (Å²) in [7, 11) is 1.49. The number of tetrazole rings is 1. The lowest BCUT2D eigenvalue weighted by Crippen LogP contribution is -2.39. The van der Waals surface area contributed by atoms with Gasteiger partial charge in [0, 0.05) is 31.3 Å². The maximum atomic E-state index is 14.8. The Labute approximate surface area is 209 Å². The summed E-state index contributed by atoms with van der Waals surface area (Å²) in [5, 5.41) is 15.9. The summed E-state index contributed by atoms with van der Waals surface area (Å²) in [6.07, 6.45) is -0.160. The number of amides is 1. The molecule has 1 atom stereocenters. The van der Waals surface area contributed by atoms with Gasteiger partial charge in [-0.3, -0.25) is 4.79 Å². The van der Waals surface area contributed by atoms with E-state index >= 15 is 0 Å². The van der Waals surface area contributed by atoms with Crippen molar-refractivity contribution in [3.05, 3.63) is 53.1 Å². The van der Waals surface area contributed by atoms with E-state index in [2.05, 4.69) is 30.8 Å². The Balaban J connectivity index is 1.49. The summed E-state index contributed by atoms with van der Waals surface area (Å²) < 4.78 is 47.7. The maximum absolute atomic E-state index is 14.8. The van der Waals surface area contributed by atoms with Gasteiger partial charge >= 0.3 is 0 Å². The molecule has 0 bridgehead atoms. The van der Waals surface area contributed by atoms with Crippen LogP contribution in [0.5, 0.6) is 0 Å². The molecule has 1 aliphatic heterocycles. The first-order valence-corrected chi connectivity index (χ1v) is 11.8. The first-order chi connectivity index (χ1) is 17.9. The second-order valence-electron chi connectivity index (χ2n) is 8.98. The van der Waals surface area contributed by atoms with E-state index in [1.807, 2.05) is 6.07 Å². The number of piperidine rings is 1. The predicted molar refractivity (Wildman–Crippen MR) is 128 cm³/mol. The van der Waals surface area contributed by atoms with Crippen LogP contribution in [-0.4, -0.2) is 67.6 Å². The molecule has 0 unspecified atom stereocenters. The minimum absolute atomic E-state index is 0.0460. The van der Waals surface area contributed by atoms with Crippen molar-refractivity contribution in [3.63, 3.8) is 0 Å². The summed E-state index contributed by atoms with van der Waals surface area (Å²) in [6.45, 7) is 2.87. The lowest BCUT2D eigenvalue weighted by Gasteiger charge is -2.32. The summed E-state index contributed by atoms with van der Waals surface area (Å²) >= 11 is 0. The molecule has 0 aliphatic carbocycles. The number of rotatable bonds is 7. The predicted octanol–water partition coefficient (Wildman–Crippen LogP) is 3.67. The second kappa shape index (κ2) is 10.2. The highest BCUT2D eigenvalue weighted by Gasteiger charge is 2.28. The van der Waals surface area contributed by atoms with Gasteiger partial charge in [0.1, 0.15) is 24.6 Å². The molecule has 1 aromatic carbocycles. The zero-order valence-corrected chi connectivity index (χ0v) is 20.2. The van der Waals surface area contributed by atoms with Crippen LogP contribution in [-0.2, 0) is 9.53 Å². The fourth-order valence-corrected chi connectivity index (χ4v) is 4.84. The standard InChI is InChI=1S/C24H25F3N8O2/c1-13(15-4-3-5-16(20(15)25)21(26)27)30-22-18-10-17(14-6-8-34(9-7-14)19(36)11-37-2)24-31-32-33-35(24)23(18)29-12-28-22/h3-5,10,12-14,21H,6-9,11H2,1-2H3,(H,28,29,30)/t13-/m1/s1. The number of ether oxygens (including phenoxy) is 1. The van der Waals surface area contributed by atoms with Crippen LogP contribution in [0.15, 0.2) is 30.6 Å². The number of alkyl halides is 2. The van der Waals surface area contributed by atoms with Gasteiger partial charge in [-0.05, 0) is 42.2 Å². The van der Waals surface area contributed by atoms with Crippen LogP contribution in [0.25, 0.3) is 16.7 Å². The Bertz CT molecular complexity index is 1440. The van der Waals surface area contributed by atoms with Crippen LogP contribution in [0.3, 0.4) is 0 Å². The summed E-state index contributed by atoms with van der Waals surface area (Å²) in [5.74, 6) is -0.527. The highest BCUT2D eigenvalue weighted by Crippen LogP contribution is 2.35. The molecule has 1 amide bonds. The number of nitrogens with one attached hydrogen (secondary N) is 1. The zero-order valence-electron chi connectivity index (χ0n) is 20.2. The van der Waals surface area contributed by atoms with Crippen LogP contribution < -0.4 is 5.32 Å². The summed E-state index contributed by atoms with van der Waals surface area (Å²) in [6, 6.07) is 5.19. The molecule has 0 spiro atoms. The van der Waals surface area contributed by atoms with Gasteiger partial charge in [0.15, 0.2) is 11.3 Å². The minimum atomic E-state index is -2.92. The first-order valence-electron chi connectivity index (χ1n) is 11.8. The van der Waals surface area contributed by atoms with Gasteiger partial charge in [-0.15, -0.1) is 5.10 Å². The number of carbonyl (C=O) groups is 1. The summed E-state index contributed by atoms with van der Waals surface area (Å²) in [4.78, 5) is 22.7. The van der Waals surface area contributed by atoms with Gasteiger partial charge in [0.25, 0.3) is 6.43 Å². The van der Waals surface area contributed by atoms with Gasteiger partial charge in [-0.25, -0.2) is 23.1 Å². The average molecular weight is 515 g/mol. The molecular formula is C24H25F3N8O2. The third-order valence-corrected chi connectivity index (χ3v) is 6.76. The molecule has 1 N–H and O–H groups in total. The van der Waals surface area contributed by atoms with E-state index in [1.165, 1.54) is 30.1 Å². The van der Waals surface area contributed by atoms with Crippen molar-refractivity contribution in [3.8, 4) is 0 Å². The van der Waals surface area contributed by atoms with Crippen molar-refractivity contribution in [2.24, 2.45) is 0 Å². The molecule has 5 rings (SSSR count). The van der Waals surface area contributed by atoms with Crippen molar-refractivity contribution < 1.29 is 22.7 Å². The number of likely N-dealkylation sites (tertiary alicyclic amines) is 1. The van der Waals surface area contributed by atoms with E-state index in [1.54, 1.807) is 11.8 Å². The van der Waals surface area contributed by atoms with Gasteiger partial charge in [0.05, 0.1) is 17.0 Å². The zero-order chi connectivity index (χ0) is 26.1. The van der Waals surface area contributed by atoms with Gasteiger partial charge in [-0.2, -0.15) is 4.52 Å². The van der Waals surface area contributed by atoms with Crippen LogP contribution in [0.2, 0.25) is 0 Å². The normalized spacial score (nSPS) is 15.6. The Morgan fingerprint density at radius 2 is 1.95 bits per heavy atom. The summed E-state index contributed by atoms with van der Waals surface area (Å²) in [5.41, 5.74) is 1.34. The highest BCUT2D eigenvalue weighted by atomic mass is 19.3. The lowest BCUT2D eigenvalue weighted by molar-refractivity contribution is -0.136. The largest absolute Gasteiger partial charge is 0.375 e. The van der Waals surface area contributed by atoms with Gasteiger partial charge in [-0.1, -0.05) is 18.2 Å². The van der Waals surface area contributed by atoms with Crippen LogP contribution in [0.4, 0.5) is 19.0 Å². The fraction of sp³-hybridized carbons (Fsp3) is 0.417. The molecule has 37 heavy (non-hydrogen) atoms. The Morgan fingerprint density at radius 1 is 1.19 bits per heavy atom. The van der Waals surface area contributed by atoms with E-state index in [-0.39, 0.29) is 24.0 Å². The molecule has 0 radical (unpaired) electrons. The highest BCUT2D eigenvalue weighted by molar-refractivity contribution is 5.89. The number of hydrogen-bond donors (Lipinski definition) is 1. The maximum Gasteiger partial charge on any atom is 0.266 e. The molecule has 10 nitrogen and oxygen atoms in total. The Morgan fingerprint density at radius 3 is 2.68 bits per heavy atom. The molecule has 1 aliphatic rings. The quantitative estimate of drug-likeness (QED) is 0.398. The topological polar surface area (TPSA) is 110 Å². The van der Waals surface area contributed by atoms with Crippen molar-refractivity contribution >= 4 is 28.4 Å². The average Bonchev–Trinajstić information content (AvgIpc) is 3.39. The molecule has 1 fully saturated rings. The molecule has 194 valence electrons. The van der Waals surface area contributed by atoms with Gasteiger partial charge < -0.3 is 15.0 Å². The van der Waals surface area contributed by atoms with E-state index in [0.717, 1.165) is 11.6 Å². The molecule has 0 saturated carbocycles. The third kappa shape index (κ3) is 4.66. The van der Waals surface area contributed by atoms with Crippen LogP contribution in [0.1, 0.15) is 54.8 Å². The third-order valence-electron chi connectivity index (χ3n) is 6.76. The monoisotopic (exact) mass is 514 g/mol. The fourth-order valence-electron chi connectivity index (χ4n) is 4.84. The number of fused-ring (bicyclic) bond motifs is 3. The Kier molecular flexibility index (Phi) is 6.87. The van der Waals surface area contributed by atoms with Crippen molar-refractivity contribution in [2.75, 3.05) is 32.1 Å². The first kappa shape index (κ1) is 24.8. The number of anilines is 1. The smallest absolute Gasteiger partial charge is 0.266 e. The molecule has 13 heteroatoms. The molecule has 4 aromatic rings. The van der Waals surface area contributed by atoms with Crippen molar-refractivity contribution in [1.82, 2.24) is 34.9 Å². The minimum Gasteiger partial charge on any atom is -0.375 e. The van der Waals surface area contributed by atoms with Crippen molar-refractivity contribution in [2.45, 2.75) is 38.2 Å². The second-order valence-corrected chi connectivity index (χ2v) is 8.98. The number of carbonyl (C=O) groups excluding carboxylic acids is 1. The van der Waals surface area contributed by atoms with Gasteiger partial charge in [0.2, 0.25) is 5.91 Å². The molecule has 1 saturated heterocycles. The number of halogens is 3. The van der Waals surface area contributed by atoms with E-state index in [0.29, 0.717) is 48.4 Å². The van der Waals surface area contributed by atoms with Crippen molar-refractivity contribution in [1.29, 1.82) is 0 Å². The number of methoxy groups -OCH3 is 1. The molecule has 4 heterocycles. The number of nitrogens with zero attached hydrogens (tertiary/aromatic N) is 7. The van der Waals surface area contributed by atoms with E-state index < -0.39 is 23.8 Å². The number of pyridine rings is 1. The number of aromatic nitrogens is 6. The van der Waals surface area contributed by atoms with E-state index in [9.17, 15) is 18.0 Å². The van der Waals surface area contributed by atoms with Crippen LogP contribution in [0, 0.1) is 5.82 Å². The number of benzene rings is 1. The molecular weight excluding hydrogens is 489 g/mol. The lowest BCUT2D eigenvalue weighted by atomic mass is 9.89. The number of hydrogen-bond acceptors (Lipinski definition) is 8. The Hall–Kier alpha value is -3.87. The van der Waals surface area contributed by atoms with E-state index in [4.69, 9.17) is 4.74 Å². The van der Waals surface area contributed by atoms with Crippen LogP contribution >= 0.6 is 0 Å². The SMILES string of the molecule is COCC(=O)N1CCC(c2cc3c(N[C@H](C)c4cccc(C(F)F)c4F)ncnc3n3nnnc23)CC1.